The smallest absolute Gasteiger partial charge is 0.325 e. The number of nitrogens with zero attached hydrogens (tertiary/aromatic N) is 1. The fourth-order valence-electron chi connectivity index (χ4n) is 6.16. The van der Waals surface area contributed by atoms with Crippen molar-refractivity contribution in [3.8, 4) is 0 Å². The van der Waals surface area contributed by atoms with Crippen molar-refractivity contribution in [1.29, 1.82) is 0 Å². The molecule has 2 amide bonds. The standard InChI is InChI=1S/C24H32N2O4/c1-16-5-3-4-6-20(16)14-26(2)21(27)15-30-22(28)13-25-23(29)24-10-17-7-18(11-24)9-19(8-17)12-24/h3-6,17-19H,7-15H2,1-2H3,(H,25,29). The van der Waals surface area contributed by atoms with Crippen LogP contribution >= 0.6 is 0 Å². The van der Waals surface area contributed by atoms with Crippen molar-refractivity contribution in [1.82, 2.24) is 10.2 Å². The van der Waals surface area contributed by atoms with Gasteiger partial charge in [0, 0.05) is 19.0 Å². The number of esters is 1. The quantitative estimate of drug-likeness (QED) is 0.699. The minimum absolute atomic E-state index is 0.00143. The van der Waals surface area contributed by atoms with Crippen LogP contribution in [0, 0.1) is 30.1 Å². The van der Waals surface area contributed by atoms with E-state index in [9.17, 15) is 14.4 Å². The first-order valence-electron chi connectivity index (χ1n) is 11.1. The summed E-state index contributed by atoms with van der Waals surface area (Å²) in [5.74, 6) is 1.20. The number of hydrogen-bond acceptors (Lipinski definition) is 4. The second kappa shape index (κ2) is 8.40. The maximum atomic E-state index is 12.9. The van der Waals surface area contributed by atoms with Crippen LogP contribution in [0.25, 0.3) is 0 Å². The number of carbonyl (C=O) groups excluding carboxylic acids is 3. The molecule has 6 nitrogen and oxygen atoms in total. The molecule has 0 unspecified atom stereocenters. The summed E-state index contributed by atoms with van der Waals surface area (Å²) in [5.41, 5.74) is 1.89. The van der Waals surface area contributed by atoms with Crippen LogP contribution in [0.1, 0.15) is 49.7 Å². The molecule has 0 radical (unpaired) electrons. The van der Waals surface area contributed by atoms with Gasteiger partial charge in [-0.05, 0) is 74.3 Å². The van der Waals surface area contributed by atoms with Crippen molar-refractivity contribution >= 4 is 17.8 Å². The monoisotopic (exact) mass is 412 g/mol. The molecule has 0 aromatic heterocycles. The lowest BCUT2D eigenvalue weighted by Gasteiger charge is -2.55. The first kappa shape index (κ1) is 20.9. The van der Waals surface area contributed by atoms with Gasteiger partial charge in [-0.2, -0.15) is 0 Å². The van der Waals surface area contributed by atoms with Crippen molar-refractivity contribution < 1.29 is 19.1 Å². The zero-order valence-electron chi connectivity index (χ0n) is 18.0. The first-order valence-corrected chi connectivity index (χ1v) is 11.1. The van der Waals surface area contributed by atoms with Gasteiger partial charge in [-0.1, -0.05) is 24.3 Å². The van der Waals surface area contributed by atoms with Crippen LogP contribution in [-0.4, -0.2) is 42.9 Å². The largest absolute Gasteiger partial charge is 0.454 e. The van der Waals surface area contributed by atoms with E-state index in [4.69, 9.17) is 4.74 Å². The van der Waals surface area contributed by atoms with Gasteiger partial charge in [0.15, 0.2) is 6.61 Å². The van der Waals surface area contributed by atoms with Gasteiger partial charge in [0.25, 0.3) is 5.91 Å². The Kier molecular flexibility index (Phi) is 5.85. The lowest BCUT2D eigenvalue weighted by atomic mass is 9.49. The number of hydrogen-bond donors (Lipinski definition) is 1. The number of benzene rings is 1. The molecule has 0 spiro atoms. The van der Waals surface area contributed by atoms with E-state index in [1.807, 2.05) is 31.2 Å². The minimum Gasteiger partial charge on any atom is -0.454 e. The molecule has 4 fully saturated rings. The Hall–Kier alpha value is -2.37. The van der Waals surface area contributed by atoms with Crippen LogP contribution in [0.15, 0.2) is 24.3 Å². The molecular weight excluding hydrogens is 380 g/mol. The highest BCUT2D eigenvalue weighted by molar-refractivity contribution is 5.87. The number of ether oxygens (including phenoxy) is 1. The fourth-order valence-corrected chi connectivity index (χ4v) is 6.16. The molecule has 162 valence electrons. The van der Waals surface area contributed by atoms with Gasteiger partial charge in [0.1, 0.15) is 6.54 Å². The number of likely N-dealkylation sites (N-methyl/N-ethyl adjacent to an activating group) is 1. The fraction of sp³-hybridized carbons (Fsp3) is 0.625. The van der Waals surface area contributed by atoms with Crippen LogP contribution in [0.4, 0.5) is 0 Å². The average molecular weight is 413 g/mol. The van der Waals surface area contributed by atoms with E-state index in [0.717, 1.165) is 30.4 Å². The van der Waals surface area contributed by atoms with Crippen molar-refractivity contribution in [3.05, 3.63) is 35.4 Å². The topological polar surface area (TPSA) is 75.7 Å². The van der Waals surface area contributed by atoms with Crippen LogP contribution in [0.2, 0.25) is 0 Å². The van der Waals surface area contributed by atoms with Gasteiger partial charge in [-0.25, -0.2) is 0 Å². The zero-order chi connectivity index (χ0) is 21.3. The van der Waals surface area contributed by atoms with Gasteiger partial charge < -0.3 is 15.0 Å². The summed E-state index contributed by atoms with van der Waals surface area (Å²) in [6.07, 6.45) is 6.69. The number of rotatable bonds is 7. The highest BCUT2D eigenvalue weighted by atomic mass is 16.5. The Bertz CT molecular complexity index is 799. The minimum atomic E-state index is -0.564. The number of nitrogens with one attached hydrogen (secondary N) is 1. The van der Waals surface area contributed by atoms with Crippen molar-refractivity contribution in [3.63, 3.8) is 0 Å². The summed E-state index contributed by atoms with van der Waals surface area (Å²) in [7, 11) is 1.69. The van der Waals surface area contributed by atoms with E-state index in [0.29, 0.717) is 24.3 Å². The summed E-state index contributed by atoms with van der Waals surface area (Å²) in [4.78, 5) is 38.8. The third-order valence-electron chi connectivity index (χ3n) is 7.36. The van der Waals surface area contributed by atoms with Gasteiger partial charge >= 0.3 is 5.97 Å². The predicted molar refractivity (Wildman–Crippen MR) is 112 cm³/mol. The molecule has 4 bridgehead atoms. The summed E-state index contributed by atoms with van der Waals surface area (Å²) in [6.45, 7) is 1.98. The SMILES string of the molecule is Cc1ccccc1CN(C)C(=O)COC(=O)CNC(=O)C12CC3CC(CC(C3)C1)C2. The zero-order valence-corrected chi connectivity index (χ0v) is 18.0. The van der Waals surface area contributed by atoms with Crippen LogP contribution < -0.4 is 5.32 Å². The van der Waals surface area contributed by atoms with Gasteiger partial charge in [-0.3, -0.25) is 14.4 Å². The van der Waals surface area contributed by atoms with Crippen LogP contribution in [0.3, 0.4) is 0 Å². The summed E-state index contributed by atoms with van der Waals surface area (Å²) >= 11 is 0. The summed E-state index contributed by atoms with van der Waals surface area (Å²) in [5, 5.41) is 2.80. The molecule has 0 atom stereocenters. The summed E-state index contributed by atoms with van der Waals surface area (Å²) in [6, 6.07) is 7.87. The lowest BCUT2D eigenvalue weighted by molar-refractivity contribution is -0.154. The van der Waals surface area contributed by atoms with E-state index in [2.05, 4.69) is 5.32 Å². The second-order valence-electron chi connectivity index (χ2n) is 9.72. The molecule has 6 heteroatoms. The van der Waals surface area contributed by atoms with Crippen molar-refractivity contribution in [2.75, 3.05) is 20.2 Å². The van der Waals surface area contributed by atoms with Crippen LogP contribution in [-0.2, 0) is 25.7 Å². The maximum Gasteiger partial charge on any atom is 0.325 e. The Morgan fingerprint density at radius 3 is 2.27 bits per heavy atom. The number of carbonyl (C=O) groups is 3. The molecule has 4 aliphatic carbocycles. The maximum absolute atomic E-state index is 12.9. The number of aryl methyl sites for hydroxylation is 1. The predicted octanol–water partition coefficient (Wildman–Crippen LogP) is 2.83. The summed E-state index contributed by atoms with van der Waals surface area (Å²) < 4.78 is 5.12. The first-order chi connectivity index (χ1) is 14.3. The highest BCUT2D eigenvalue weighted by Gasteiger charge is 2.54. The highest BCUT2D eigenvalue weighted by Crippen LogP contribution is 2.60. The molecule has 1 N–H and O–H groups in total. The third-order valence-corrected chi connectivity index (χ3v) is 7.36. The number of amides is 2. The van der Waals surface area contributed by atoms with E-state index in [-0.39, 0.29) is 30.4 Å². The Labute approximate surface area is 178 Å². The Balaban J connectivity index is 1.21. The molecule has 1 aromatic rings. The van der Waals surface area contributed by atoms with Crippen molar-refractivity contribution in [2.24, 2.45) is 23.2 Å². The molecule has 1 aromatic carbocycles. The molecule has 4 aliphatic rings. The lowest BCUT2D eigenvalue weighted by Crippen LogP contribution is -2.54. The molecule has 30 heavy (non-hydrogen) atoms. The normalized spacial score (nSPS) is 28.8. The van der Waals surface area contributed by atoms with E-state index in [1.54, 1.807) is 11.9 Å². The van der Waals surface area contributed by atoms with Gasteiger partial charge in [-0.15, -0.1) is 0 Å². The molecule has 0 aliphatic heterocycles. The van der Waals surface area contributed by atoms with Gasteiger partial charge in [0.05, 0.1) is 0 Å². The van der Waals surface area contributed by atoms with E-state index in [1.165, 1.54) is 19.3 Å². The molecule has 0 heterocycles. The van der Waals surface area contributed by atoms with E-state index < -0.39 is 5.97 Å². The Morgan fingerprint density at radius 1 is 1.07 bits per heavy atom. The molecular formula is C24H32N2O4. The van der Waals surface area contributed by atoms with Gasteiger partial charge in [0.2, 0.25) is 5.91 Å². The Morgan fingerprint density at radius 2 is 1.67 bits per heavy atom. The molecule has 5 rings (SSSR count). The molecule has 4 saturated carbocycles. The average Bonchev–Trinajstić information content (AvgIpc) is 2.70. The van der Waals surface area contributed by atoms with Crippen molar-refractivity contribution in [2.45, 2.75) is 52.0 Å². The third kappa shape index (κ3) is 4.37. The second-order valence-corrected chi connectivity index (χ2v) is 9.72. The molecule has 0 saturated heterocycles. The van der Waals surface area contributed by atoms with Crippen LogP contribution in [0.5, 0.6) is 0 Å². The van der Waals surface area contributed by atoms with E-state index >= 15 is 0 Å².